The topological polar surface area (TPSA) is 69.0 Å². The molecule has 1 N–H and O–H groups in total. The highest BCUT2D eigenvalue weighted by molar-refractivity contribution is 5.67. The van der Waals surface area contributed by atoms with Crippen molar-refractivity contribution in [1.82, 2.24) is 20.3 Å². The predicted octanol–water partition coefficient (Wildman–Crippen LogP) is 2.52. The van der Waals surface area contributed by atoms with Crippen LogP contribution in [0.2, 0.25) is 0 Å². The van der Waals surface area contributed by atoms with E-state index >= 15 is 0 Å². The van der Waals surface area contributed by atoms with Gasteiger partial charge in [0.15, 0.2) is 0 Å². The van der Waals surface area contributed by atoms with Crippen LogP contribution in [-0.2, 0) is 17.9 Å². The largest absolute Gasteiger partial charge is 0.443 e. The number of aromatic nitrogens is 3. The molecule has 1 aromatic heterocycles. The molecule has 2 aromatic rings. The highest BCUT2D eigenvalue weighted by Gasteiger charge is 2.06. The Bertz CT molecular complexity index is 605. The monoisotopic (exact) mass is 302 g/mol. The van der Waals surface area contributed by atoms with Crippen molar-refractivity contribution >= 4 is 6.09 Å². The summed E-state index contributed by atoms with van der Waals surface area (Å²) >= 11 is 0. The SMILES string of the molecule is Cc1ccc(Cn2cc(COC(=O)NCC(C)C)nn2)cc1. The molecule has 0 bridgehead atoms. The smallest absolute Gasteiger partial charge is 0.407 e. The lowest BCUT2D eigenvalue weighted by Gasteiger charge is -2.07. The molecule has 0 unspecified atom stereocenters. The first-order valence-corrected chi connectivity index (χ1v) is 7.38. The Hall–Kier alpha value is -2.37. The van der Waals surface area contributed by atoms with Crippen LogP contribution in [0.4, 0.5) is 4.79 Å². The molecule has 0 aliphatic carbocycles. The first-order valence-electron chi connectivity index (χ1n) is 7.38. The van der Waals surface area contributed by atoms with Crippen LogP contribution in [0, 0.1) is 12.8 Å². The standard InChI is InChI=1S/C16H22N4O2/c1-12(2)8-17-16(21)22-11-15-10-20(19-18-15)9-14-6-4-13(3)5-7-14/h4-7,10,12H,8-9,11H2,1-3H3,(H,17,21). The van der Waals surface area contributed by atoms with Gasteiger partial charge < -0.3 is 10.1 Å². The Kier molecular flexibility index (Phi) is 5.52. The zero-order valence-corrected chi connectivity index (χ0v) is 13.2. The van der Waals surface area contributed by atoms with Crippen molar-refractivity contribution in [3.63, 3.8) is 0 Å². The Labute approximate surface area is 130 Å². The van der Waals surface area contributed by atoms with Gasteiger partial charge >= 0.3 is 6.09 Å². The van der Waals surface area contributed by atoms with Crippen molar-refractivity contribution in [2.45, 2.75) is 33.9 Å². The maximum absolute atomic E-state index is 11.5. The van der Waals surface area contributed by atoms with Crippen molar-refractivity contribution in [3.8, 4) is 0 Å². The number of alkyl carbamates (subject to hydrolysis) is 1. The van der Waals surface area contributed by atoms with E-state index in [4.69, 9.17) is 4.74 Å². The van der Waals surface area contributed by atoms with E-state index in [0.29, 0.717) is 24.7 Å². The van der Waals surface area contributed by atoms with E-state index in [1.54, 1.807) is 10.9 Å². The minimum atomic E-state index is -0.429. The van der Waals surface area contributed by atoms with E-state index in [9.17, 15) is 4.79 Å². The summed E-state index contributed by atoms with van der Waals surface area (Å²) in [7, 11) is 0. The average molecular weight is 302 g/mol. The molecule has 0 atom stereocenters. The molecular weight excluding hydrogens is 280 g/mol. The summed E-state index contributed by atoms with van der Waals surface area (Å²) < 4.78 is 6.82. The third kappa shape index (κ3) is 5.20. The maximum Gasteiger partial charge on any atom is 0.407 e. The number of amides is 1. The van der Waals surface area contributed by atoms with Crippen LogP contribution in [0.25, 0.3) is 0 Å². The third-order valence-corrected chi connectivity index (χ3v) is 3.06. The summed E-state index contributed by atoms with van der Waals surface area (Å²) in [5.74, 6) is 0.392. The molecule has 0 aliphatic heterocycles. The zero-order chi connectivity index (χ0) is 15.9. The van der Waals surface area contributed by atoms with Crippen LogP contribution in [0.3, 0.4) is 0 Å². The fourth-order valence-corrected chi connectivity index (χ4v) is 1.84. The number of hydrogen-bond donors (Lipinski definition) is 1. The van der Waals surface area contributed by atoms with Gasteiger partial charge in [-0.25, -0.2) is 9.48 Å². The number of rotatable bonds is 6. The van der Waals surface area contributed by atoms with Gasteiger partial charge in [-0.3, -0.25) is 0 Å². The molecule has 2 rings (SSSR count). The number of carbonyl (C=O) groups is 1. The van der Waals surface area contributed by atoms with Crippen molar-refractivity contribution < 1.29 is 9.53 Å². The van der Waals surface area contributed by atoms with Gasteiger partial charge in [0.25, 0.3) is 0 Å². The minimum Gasteiger partial charge on any atom is -0.443 e. The Morgan fingerprint density at radius 3 is 2.73 bits per heavy atom. The van der Waals surface area contributed by atoms with Crippen LogP contribution in [0.15, 0.2) is 30.5 Å². The summed E-state index contributed by atoms with van der Waals surface area (Å²) in [6.45, 7) is 7.47. The molecular formula is C16H22N4O2. The Balaban J connectivity index is 1.81. The summed E-state index contributed by atoms with van der Waals surface area (Å²) in [4.78, 5) is 11.5. The third-order valence-electron chi connectivity index (χ3n) is 3.06. The second-order valence-corrected chi connectivity index (χ2v) is 5.74. The van der Waals surface area contributed by atoms with Crippen LogP contribution in [0.1, 0.15) is 30.7 Å². The molecule has 1 aromatic carbocycles. The lowest BCUT2D eigenvalue weighted by atomic mass is 10.1. The van der Waals surface area contributed by atoms with Gasteiger partial charge in [-0.05, 0) is 18.4 Å². The number of carbonyl (C=O) groups excluding carboxylic acids is 1. The summed E-state index contributed by atoms with van der Waals surface area (Å²) in [6, 6.07) is 8.25. The molecule has 0 radical (unpaired) electrons. The number of nitrogens with zero attached hydrogens (tertiary/aromatic N) is 3. The van der Waals surface area contributed by atoms with E-state index in [0.717, 1.165) is 5.56 Å². The van der Waals surface area contributed by atoms with Gasteiger partial charge in [0, 0.05) is 6.54 Å². The first-order chi connectivity index (χ1) is 10.5. The van der Waals surface area contributed by atoms with Gasteiger partial charge in [-0.1, -0.05) is 48.9 Å². The Morgan fingerprint density at radius 2 is 2.05 bits per heavy atom. The molecule has 0 aliphatic rings. The Morgan fingerprint density at radius 1 is 1.32 bits per heavy atom. The molecule has 118 valence electrons. The number of aryl methyl sites for hydroxylation is 1. The zero-order valence-electron chi connectivity index (χ0n) is 13.2. The van der Waals surface area contributed by atoms with Crippen LogP contribution >= 0.6 is 0 Å². The van der Waals surface area contributed by atoms with Gasteiger partial charge in [0.1, 0.15) is 12.3 Å². The average Bonchev–Trinajstić information content (AvgIpc) is 2.93. The molecule has 22 heavy (non-hydrogen) atoms. The molecule has 0 spiro atoms. The fourth-order valence-electron chi connectivity index (χ4n) is 1.84. The normalized spacial score (nSPS) is 10.7. The lowest BCUT2D eigenvalue weighted by Crippen LogP contribution is -2.27. The highest BCUT2D eigenvalue weighted by Crippen LogP contribution is 2.05. The van der Waals surface area contributed by atoms with Crippen LogP contribution in [-0.4, -0.2) is 27.6 Å². The minimum absolute atomic E-state index is 0.123. The molecule has 0 saturated carbocycles. The van der Waals surface area contributed by atoms with Crippen molar-refractivity contribution in [2.24, 2.45) is 5.92 Å². The van der Waals surface area contributed by atoms with E-state index < -0.39 is 6.09 Å². The summed E-state index contributed by atoms with van der Waals surface area (Å²) in [5.41, 5.74) is 3.01. The quantitative estimate of drug-likeness (QED) is 0.890. The number of nitrogens with one attached hydrogen (secondary N) is 1. The molecule has 6 heteroatoms. The van der Waals surface area contributed by atoms with Gasteiger partial charge in [0.2, 0.25) is 0 Å². The van der Waals surface area contributed by atoms with Crippen LogP contribution < -0.4 is 5.32 Å². The number of benzene rings is 1. The molecule has 1 heterocycles. The van der Waals surface area contributed by atoms with Crippen LogP contribution in [0.5, 0.6) is 0 Å². The van der Waals surface area contributed by atoms with Crippen molar-refractivity contribution in [2.75, 3.05) is 6.54 Å². The first kappa shape index (κ1) is 16.0. The van der Waals surface area contributed by atoms with E-state index in [2.05, 4.69) is 46.8 Å². The second kappa shape index (κ2) is 7.59. The number of ether oxygens (including phenoxy) is 1. The van der Waals surface area contributed by atoms with E-state index in [1.807, 2.05) is 13.8 Å². The number of hydrogen-bond acceptors (Lipinski definition) is 4. The van der Waals surface area contributed by atoms with Crippen molar-refractivity contribution in [1.29, 1.82) is 0 Å². The molecule has 6 nitrogen and oxygen atoms in total. The van der Waals surface area contributed by atoms with Gasteiger partial charge in [0.05, 0.1) is 12.7 Å². The summed E-state index contributed by atoms with van der Waals surface area (Å²) in [6.07, 6.45) is 1.36. The van der Waals surface area contributed by atoms with Gasteiger partial charge in [-0.15, -0.1) is 5.10 Å². The van der Waals surface area contributed by atoms with Crippen molar-refractivity contribution in [3.05, 3.63) is 47.3 Å². The predicted molar refractivity (Wildman–Crippen MR) is 83.3 cm³/mol. The highest BCUT2D eigenvalue weighted by atomic mass is 16.5. The lowest BCUT2D eigenvalue weighted by molar-refractivity contribution is 0.137. The molecule has 0 fully saturated rings. The molecule has 0 saturated heterocycles. The van der Waals surface area contributed by atoms with E-state index in [1.165, 1.54) is 5.56 Å². The fraction of sp³-hybridized carbons (Fsp3) is 0.438. The summed E-state index contributed by atoms with van der Waals surface area (Å²) in [5, 5.41) is 10.7. The maximum atomic E-state index is 11.5. The van der Waals surface area contributed by atoms with E-state index in [-0.39, 0.29) is 6.61 Å². The molecule has 1 amide bonds. The second-order valence-electron chi connectivity index (χ2n) is 5.74. The van der Waals surface area contributed by atoms with Gasteiger partial charge in [-0.2, -0.15) is 0 Å².